The topological polar surface area (TPSA) is 128 Å². The summed E-state index contributed by atoms with van der Waals surface area (Å²) in [6.45, 7) is 1.69. The van der Waals surface area contributed by atoms with Crippen molar-refractivity contribution in [3.8, 4) is 11.8 Å². The molecule has 0 heterocycles. The van der Waals surface area contributed by atoms with Gasteiger partial charge in [0.05, 0.1) is 4.92 Å². The molecule has 0 radical (unpaired) electrons. The van der Waals surface area contributed by atoms with Gasteiger partial charge in [-0.25, -0.2) is 0 Å². The standard InChI is InChI=1S/C17H14N4O4/c1-11-8-13(22)6-7-14(11)20-17(23)12(9-18)10-19-15-4-2-3-5-16(15)21(24)25/h2-8,10,19,22H,1H3,(H,20,23)/b12-10-. The SMILES string of the molecule is Cc1cc(O)ccc1NC(=O)/C(C#N)=C\Nc1ccccc1[N+](=O)[O-]. The smallest absolute Gasteiger partial charge is 0.292 e. The van der Waals surface area contributed by atoms with Gasteiger partial charge in [0.1, 0.15) is 23.1 Å². The minimum Gasteiger partial charge on any atom is -0.508 e. The van der Waals surface area contributed by atoms with Crippen molar-refractivity contribution in [2.45, 2.75) is 6.92 Å². The van der Waals surface area contributed by atoms with E-state index in [2.05, 4.69) is 10.6 Å². The predicted molar refractivity (Wildman–Crippen MR) is 91.9 cm³/mol. The average Bonchev–Trinajstić information content (AvgIpc) is 2.58. The summed E-state index contributed by atoms with van der Waals surface area (Å²) in [6.07, 6.45) is 1.10. The van der Waals surface area contributed by atoms with Gasteiger partial charge in [0, 0.05) is 18.0 Å². The highest BCUT2D eigenvalue weighted by Crippen LogP contribution is 2.24. The van der Waals surface area contributed by atoms with E-state index in [1.54, 1.807) is 19.1 Å². The maximum Gasteiger partial charge on any atom is 0.292 e. The zero-order valence-electron chi connectivity index (χ0n) is 13.2. The number of anilines is 2. The Hall–Kier alpha value is -3.86. The van der Waals surface area contributed by atoms with E-state index < -0.39 is 10.8 Å². The van der Waals surface area contributed by atoms with E-state index in [1.807, 2.05) is 0 Å². The third-order valence-corrected chi connectivity index (χ3v) is 3.30. The lowest BCUT2D eigenvalue weighted by Gasteiger charge is -2.08. The van der Waals surface area contributed by atoms with E-state index >= 15 is 0 Å². The Balaban J connectivity index is 2.19. The van der Waals surface area contributed by atoms with Gasteiger partial charge in [0.25, 0.3) is 11.6 Å². The van der Waals surface area contributed by atoms with Crippen LogP contribution >= 0.6 is 0 Å². The fraction of sp³-hybridized carbons (Fsp3) is 0.0588. The second-order valence-electron chi connectivity index (χ2n) is 5.04. The summed E-state index contributed by atoms with van der Waals surface area (Å²) in [4.78, 5) is 22.6. The minimum atomic E-state index is -0.678. The first kappa shape index (κ1) is 17.5. The highest BCUT2D eigenvalue weighted by molar-refractivity contribution is 6.07. The Morgan fingerprint density at radius 3 is 2.64 bits per heavy atom. The molecule has 0 atom stereocenters. The number of rotatable bonds is 5. The molecule has 2 aromatic rings. The van der Waals surface area contributed by atoms with Crippen LogP contribution in [0.4, 0.5) is 17.1 Å². The molecule has 25 heavy (non-hydrogen) atoms. The van der Waals surface area contributed by atoms with E-state index in [4.69, 9.17) is 5.26 Å². The summed E-state index contributed by atoms with van der Waals surface area (Å²) in [5.41, 5.74) is 0.789. The fourth-order valence-corrected chi connectivity index (χ4v) is 2.03. The average molecular weight is 338 g/mol. The van der Waals surface area contributed by atoms with Crippen LogP contribution in [0.5, 0.6) is 5.75 Å². The van der Waals surface area contributed by atoms with Gasteiger partial charge in [0.15, 0.2) is 0 Å². The Morgan fingerprint density at radius 1 is 1.28 bits per heavy atom. The van der Waals surface area contributed by atoms with Crippen LogP contribution in [0.2, 0.25) is 0 Å². The van der Waals surface area contributed by atoms with Crippen LogP contribution in [0.25, 0.3) is 0 Å². The molecule has 0 saturated heterocycles. The number of carbonyl (C=O) groups is 1. The fourth-order valence-electron chi connectivity index (χ4n) is 2.03. The summed E-state index contributed by atoms with van der Waals surface area (Å²) in [5, 5.41) is 34.6. The number of nitrogens with one attached hydrogen (secondary N) is 2. The number of para-hydroxylation sites is 2. The Morgan fingerprint density at radius 2 is 2.00 bits per heavy atom. The highest BCUT2D eigenvalue weighted by atomic mass is 16.6. The molecule has 1 amide bonds. The number of phenolic OH excluding ortho intramolecular Hbond substituents is 1. The van der Waals surface area contributed by atoms with E-state index in [-0.39, 0.29) is 22.7 Å². The molecule has 0 aromatic heterocycles. The van der Waals surface area contributed by atoms with Gasteiger partial charge in [-0.3, -0.25) is 14.9 Å². The maximum atomic E-state index is 12.2. The van der Waals surface area contributed by atoms with Crippen LogP contribution in [0.1, 0.15) is 5.56 Å². The summed E-state index contributed by atoms with van der Waals surface area (Å²) in [7, 11) is 0. The zero-order chi connectivity index (χ0) is 18.4. The normalized spacial score (nSPS) is 10.6. The molecule has 2 aromatic carbocycles. The van der Waals surface area contributed by atoms with Crippen molar-refractivity contribution in [1.29, 1.82) is 5.26 Å². The molecule has 0 bridgehead atoms. The molecule has 0 aliphatic heterocycles. The molecule has 3 N–H and O–H groups in total. The van der Waals surface area contributed by atoms with Crippen molar-refractivity contribution in [3.05, 3.63) is 69.9 Å². The van der Waals surface area contributed by atoms with Crippen molar-refractivity contribution in [2.75, 3.05) is 10.6 Å². The largest absolute Gasteiger partial charge is 0.508 e. The van der Waals surface area contributed by atoms with Crippen LogP contribution in [0.3, 0.4) is 0 Å². The van der Waals surface area contributed by atoms with Gasteiger partial charge >= 0.3 is 0 Å². The summed E-state index contributed by atoms with van der Waals surface area (Å²) < 4.78 is 0. The summed E-state index contributed by atoms with van der Waals surface area (Å²) in [5.74, 6) is -0.619. The van der Waals surface area contributed by atoms with Crippen molar-refractivity contribution in [2.24, 2.45) is 0 Å². The number of benzene rings is 2. The second kappa shape index (κ2) is 7.61. The predicted octanol–water partition coefficient (Wildman–Crippen LogP) is 3.07. The summed E-state index contributed by atoms with van der Waals surface area (Å²) >= 11 is 0. The van der Waals surface area contributed by atoms with Gasteiger partial charge in [-0.1, -0.05) is 12.1 Å². The van der Waals surface area contributed by atoms with Gasteiger partial charge in [-0.2, -0.15) is 5.26 Å². The number of nitriles is 1. The zero-order valence-corrected chi connectivity index (χ0v) is 13.2. The Labute approximate surface area is 143 Å². The van der Waals surface area contributed by atoms with Gasteiger partial charge in [0.2, 0.25) is 0 Å². The number of phenols is 1. The van der Waals surface area contributed by atoms with Crippen molar-refractivity contribution in [1.82, 2.24) is 0 Å². The number of nitro groups is 1. The lowest BCUT2D eigenvalue weighted by Crippen LogP contribution is -2.15. The van der Waals surface area contributed by atoms with Gasteiger partial charge < -0.3 is 15.7 Å². The van der Waals surface area contributed by atoms with Gasteiger partial charge in [-0.15, -0.1) is 0 Å². The Bertz CT molecular complexity index is 900. The molecular weight excluding hydrogens is 324 g/mol. The molecule has 8 heteroatoms. The summed E-state index contributed by atoms with van der Waals surface area (Å²) in [6, 6.07) is 12.0. The number of nitro benzene ring substituents is 1. The third kappa shape index (κ3) is 4.33. The second-order valence-corrected chi connectivity index (χ2v) is 5.04. The molecule has 0 aliphatic carbocycles. The number of carbonyl (C=O) groups excluding carboxylic acids is 1. The number of aromatic hydroxyl groups is 1. The van der Waals surface area contributed by atoms with Crippen LogP contribution in [-0.4, -0.2) is 15.9 Å². The third-order valence-electron chi connectivity index (χ3n) is 3.30. The number of aryl methyl sites for hydroxylation is 1. The molecule has 0 fully saturated rings. The molecule has 126 valence electrons. The number of nitrogens with zero attached hydrogens (tertiary/aromatic N) is 2. The highest BCUT2D eigenvalue weighted by Gasteiger charge is 2.14. The minimum absolute atomic E-state index is 0.0598. The van der Waals surface area contributed by atoms with E-state index in [0.717, 1.165) is 6.20 Å². The van der Waals surface area contributed by atoms with Crippen molar-refractivity contribution in [3.63, 3.8) is 0 Å². The van der Waals surface area contributed by atoms with Crippen molar-refractivity contribution < 1.29 is 14.8 Å². The van der Waals surface area contributed by atoms with Crippen LogP contribution in [0.15, 0.2) is 54.2 Å². The number of amides is 1. The maximum absolute atomic E-state index is 12.2. The lowest BCUT2D eigenvalue weighted by molar-refractivity contribution is -0.383. The van der Waals surface area contributed by atoms with E-state index in [1.165, 1.54) is 36.4 Å². The first-order valence-corrected chi connectivity index (χ1v) is 7.13. The van der Waals surface area contributed by atoms with Crippen LogP contribution < -0.4 is 10.6 Å². The quantitative estimate of drug-likeness (QED) is 0.253. The molecular formula is C17H14N4O4. The molecule has 0 spiro atoms. The molecule has 0 unspecified atom stereocenters. The molecule has 2 rings (SSSR count). The van der Waals surface area contributed by atoms with E-state index in [9.17, 15) is 20.0 Å². The first-order chi connectivity index (χ1) is 11.9. The Kier molecular flexibility index (Phi) is 5.32. The lowest BCUT2D eigenvalue weighted by atomic mass is 10.2. The van der Waals surface area contributed by atoms with Gasteiger partial charge in [-0.05, 0) is 36.8 Å². The van der Waals surface area contributed by atoms with Crippen molar-refractivity contribution >= 4 is 23.0 Å². The monoisotopic (exact) mass is 338 g/mol. The number of hydrogen-bond acceptors (Lipinski definition) is 6. The van der Waals surface area contributed by atoms with Crippen LogP contribution in [0, 0.1) is 28.4 Å². The molecule has 0 aliphatic rings. The molecule has 0 saturated carbocycles. The first-order valence-electron chi connectivity index (χ1n) is 7.13. The van der Waals surface area contributed by atoms with E-state index in [0.29, 0.717) is 11.3 Å². The van der Waals surface area contributed by atoms with Crippen LogP contribution in [-0.2, 0) is 4.79 Å². The molecule has 8 nitrogen and oxygen atoms in total. The number of hydrogen-bond donors (Lipinski definition) is 3.